The van der Waals surface area contributed by atoms with Gasteiger partial charge in [0.15, 0.2) is 11.6 Å². The monoisotopic (exact) mass is 437 g/mol. The van der Waals surface area contributed by atoms with Crippen molar-refractivity contribution < 1.29 is 9.21 Å². The number of ketones is 1. The lowest BCUT2D eigenvalue weighted by atomic mass is 9.85. The number of rotatable bonds is 4. The first-order chi connectivity index (χ1) is 14.6. The molecular formula is C23H17Cl2N3O2. The second-order valence-corrected chi connectivity index (χ2v) is 8.03. The molecule has 0 saturated heterocycles. The highest BCUT2D eigenvalue weighted by Gasteiger charge is 2.34. The molecule has 1 aliphatic carbocycles. The molecule has 0 bridgehead atoms. The van der Waals surface area contributed by atoms with Crippen molar-refractivity contribution in [2.75, 3.05) is 5.32 Å². The van der Waals surface area contributed by atoms with E-state index in [1.165, 1.54) is 0 Å². The highest BCUT2D eigenvalue weighted by atomic mass is 35.5. The third-order valence-corrected chi connectivity index (χ3v) is 6.00. The van der Waals surface area contributed by atoms with Gasteiger partial charge in [-0.3, -0.25) is 4.79 Å². The molecule has 1 aliphatic rings. The molecule has 30 heavy (non-hydrogen) atoms. The molecule has 0 saturated carbocycles. The van der Waals surface area contributed by atoms with Gasteiger partial charge >= 0.3 is 0 Å². The SMILES string of the molecule is O=C1CC(c2ccco2)Cc2c1c(Nc1ccc(Cl)c(Cl)c1)nn2-c1ccccc1. The Labute approximate surface area is 183 Å². The quantitative estimate of drug-likeness (QED) is 0.399. The van der Waals surface area contributed by atoms with Gasteiger partial charge in [0, 0.05) is 24.4 Å². The number of halogens is 2. The van der Waals surface area contributed by atoms with Gasteiger partial charge in [-0.15, -0.1) is 5.10 Å². The van der Waals surface area contributed by atoms with Crippen LogP contribution in [0, 0.1) is 0 Å². The summed E-state index contributed by atoms with van der Waals surface area (Å²) < 4.78 is 7.42. The minimum atomic E-state index is -0.0167. The van der Waals surface area contributed by atoms with Gasteiger partial charge in [0.1, 0.15) is 5.76 Å². The van der Waals surface area contributed by atoms with Gasteiger partial charge in [-0.2, -0.15) is 0 Å². The largest absolute Gasteiger partial charge is 0.469 e. The van der Waals surface area contributed by atoms with Crippen LogP contribution in [0.1, 0.15) is 34.2 Å². The van der Waals surface area contributed by atoms with Crippen molar-refractivity contribution in [1.82, 2.24) is 9.78 Å². The molecule has 0 aliphatic heterocycles. The van der Waals surface area contributed by atoms with Gasteiger partial charge < -0.3 is 9.73 Å². The first-order valence-electron chi connectivity index (χ1n) is 9.56. The van der Waals surface area contributed by atoms with Crippen LogP contribution in [0.5, 0.6) is 0 Å². The average molecular weight is 438 g/mol. The predicted molar refractivity (Wildman–Crippen MR) is 117 cm³/mol. The fourth-order valence-corrected chi connectivity index (χ4v) is 4.17. The van der Waals surface area contributed by atoms with Crippen LogP contribution in [0.15, 0.2) is 71.3 Å². The van der Waals surface area contributed by atoms with Gasteiger partial charge in [-0.1, -0.05) is 41.4 Å². The summed E-state index contributed by atoms with van der Waals surface area (Å²) in [6.07, 6.45) is 2.66. The number of aromatic nitrogens is 2. The van der Waals surface area contributed by atoms with E-state index in [0.29, 0.717) is 40.0 Å². The van der Waals surface area contributed by atoms with Crippen LogP contribution in [-0.2, 0) is 6.42 Å². The van der Waals surface area contributed by atoms with E-state index in [4.69, 9.17) is 32.7 Å². The first-order valence-corrected chi connectivity index (χ1v) is 10.3. The van der Waals surface area contributed by atoms with Gasteiger partial charge in [0.2, 0.25) is 0 Å². The summed E-state index contributed by atoms with van der Waals surface area (Å²) in [4.78, 5) is 13.2. The summed E-state index contributed by atoms with van der Waals surface area (Å²) >= 11 is 12.2. The Hall–Kier alpha value is -3.02. The van der Waals surface area contributed by atoms with Crippen LogP contribution in [0.4, 0.5) is 11.5 Å². The Morgan fingerprint density at radius 3 is 2.57 bits per heavy atom. The van der Waals surface area contributed by atoms with Crippen LogP contribution >= 0.6 is 23.2 Å². The highest BCUT2D eigenvalue weighted by molar-refractivity contribution is 6.42. The number of nitrogens with zero attached hydrogens (tertiary/aromatic N) is 2. The van der Waals surface area contributed by atoms with Crippen LogP contribution in [-0.4, -0.2) is 15.6 Å². The number of hydrogen-bond acceptors (Lipinski definition) is 4. The van der Waals surface area contributed by atoms with E-state index in [1.807, 2.05) is 47.1 Å². The third kappa shape index (κ3) is 3.40. The third-order valence-electron chi connectivity index (χ3n) is 5.26. The maximum atomic E-state index is 13.2. The molecule has 0 fully saturated rings. The number of carbonyl (C=O) groups is 1. The molecule has 0 amide bonds. The summed E-state index contributed by atoms with van der Waals surface area (Å²) in [5.74, 6) is 1.34. The molecule has 2 heterocycles. The van der Waals surface area contributed by atoms with Crippen molar-refractivity contribution in [2.24, 2.45) is 0 Å². The smallest absolute Gasteiger partial charge is 0.169 e. The topological polar surface area (TPSA) is 60.1 Å². The Morgan fingerprint density at radius 2 is 1.83 bits per heavy atom. The molecular weight excluding hydrogens is 421 g/mol. The minimum Gasteiger partial charge on any atom is -0.469 e. The number of carbonyl (C=O) groups excluding carboxylic acids is 1. The number of benzene rings is 2. The number of nitrogens with one attached hydrogen (secondary N) is 1. The van der Waals surface area contributed by atoms with Crippen LogP contribution in [0.25, 0.3) is 5.69 Å². The number of fused-ring (bicyclic) bond motifs is 1. The summed E-state index contributed by atoms with van der Waals surface area (Å²) in [5.41, 5.74) is 3.07. The lowest BCUT2D eigenvalue weighted by molar-refractivity contribution is 0.0960. The fraction of sp³-hybridized carbons (Fsp3) is 0.130. The first kappa shape index (κ1) is 19.0. The number of furan rings is 1. The lowest BCUT2D eigenvalue weighted by Crippen LogP contribution is -2.20. The zero-order valence-corrected chi connectivity index (χ0v) is 17.3. The van der Waals surface area contributed by atoms with E-state index in [-0.39, 0.29) is 11.7 Å². The molecule has 2 aromatic carbocycles. The second kappa shape index (κ2) is 7.67. The predicted octanol–water partition coefficient (Wildman–Crippen LogP) is 6.43. The average Bonchev–Trinajstić information content (AvgIpc) is 3.40. The van der Waals surface area contributed by atoms with Crippen molar-refractivity contribution >= 4 is 40.5 Å². The summed E-state index contributed by atoms with van der Waals surface area (Å²) in [7, 11) is 0. The molecule has 1 atom stereocenters. The molecule has 5 nitrogen and oxygen atoms in total. The van der Waals surface area contributed by atoms with Crippen LogP contribution in [0.3, 0.4) is 0 Å². The van der Waals surface area contributed by atoms with Gasteiger partial charge in [-0.25, -0.2) is 4.68 Å². The Kier molecular flexibility index (Phi) is 4.85. The van der Waals surface area contributed by atoms with Gasteiger partial charge in [0.05, 0.1) is 33.3 Å². The van der Waals surface area contributed by atoms with Crippen LogP contribution in [0.2, 0.25) is 10.0 Å². The molecule has 0 spiro atoms. The minimum absolute atomic E-state index is 0.0167. The highest BCUT2D eigenvalue weighted by Crippen LogP contribution is 2.38. The van der Waals surface area contributed by atoms with Gasteiger partial charge in [0.25, 0.3) is 0 Å². The Morgan fingerprint density at radius 1 is 1.00 bits per heavy atom. The van der Waals surface area contributed by atoms with E-state index in [0.717, 1.165) is 17.1 Å². The maximum absolute atomic E-state index is 13.2. The van der Waals surface area contributed by atoms with E-state index < -0.39 is 0 Å². The van der Waals surface area contributed by atoms with Gasteiger partial charge in [-0.05, 0) is 42.5 Å². The van der Waals surface area contributed by atoms with Crippen molar-refractivity contribution in [3.63, 3.8) is 0 Å². The van der Waals surface area contributed by atoms with E-state index in [9.17, 15) is 4.79 Å². The van der Waals surface area contributed by atoms with E-state index in [1.54, 1.807) is 24.5 Å². The zero-order chi connectivity index (χ0) is 20.7. The molecule has 0 radical (unpaired) electrons. The second-order valence-electron chi connectivity index (χ2n) is 7.22. The maximum Gasteiger partial charge on any atom is 0.169 e. The molecule has 150 valence electrons. The van der Waals surface area contributed by atoms with Crippen LogP contribution < -0.4 is 5.32 Å². The normalized spacial score (nSPS) is 15.8. The number of anilines is 2. The van der Waals surface area contributed by atoms with Crippen molar-refractivity contribution in [2.45, 2.75) is 18.8 Å². The molecule has 1 unspecified atom stereocenters. The van der Waals surface area contributed by atoms with E-state index >= 15 is 0 Å². The molecule has 2 aromatic heterocycles. The summed E-state index contributed by atoms with van der Waals surface area (Å²) in [5, 5.41) is 8.91. The number of hydrogen-bond donors (Lipinski definition) is 1. The standard InChI is InChI=1S/C23H17Cl2N3O2/c24-17-9-8-15(13-18(17)25)26-23-22-19(28(27-23)16-5-2-1-3-6-16)11-14(12-20(22)29)21-7-4-10-30-21/h1-10,13-14H,11-12H2,(H,26,27). The Bertz CT molecular complexity index is 1220. The zero-order valence-electron chi connectivity index (χ0n) is 15.8. The summed E-state index contributed by atoms with van der Waals surface area (Å²) in [6, 6.07) is 18.8. The van der Waals surface area contributed by atoms with Crippen molar-refractivity contribution in [3.05, 3.63) is 94.0 Å². The van der Waals surface area contributed by atoms with E-state index in [2.05, 4.69) is 5.32 Å². The number of Topliss-reactive ketones (excluding diaryl/α,β-unsaturated/α-hetero) is 1. The summed E-state index contributed by atoms with van der Waals surface area (Å²) in [6.45, 7) is 0. The molecule has 5 rings (SSSR count). The molecule has 4 aromatic rings. The number of para-hydroxylation sites is 1. The van der Waals surface area contributed by atoms with Crippen molar-refractivity contribution in [3.8, 4) is 5.69 Å². The fourth-order valence-electron chi connectivity index (χ4n) is 3.87. The molecule has 7 heteroatoms. The lowest BCUT2D eigenvalue weighted by Gasteiger charge is -2.21. The Balaban J connectivity index is 1.61. The van der Waals surface area contributed by atoms with Crippen molar-refractivity contribution in [1.29, 1.82) is 0 Å². The molecule has 1 N–H and O–H groups in total.